The van der Waals surface area contributed by atoms with Gasteiger partial charge >= 0.3 is 0 Å². The van der Waals surface area contributed by atoms with Crippen LogP contribution in [0.25, 0.3) is 44.5 Å². The Morgan fingerprint density at radius 3 is 2.09 bits per heavy atom. The molecule has 11 nitrogen and oxygen atoms in total. The summed E-state index contributed by atoms with van der Waals surface area (Å²) in [5.41, 5.74) is 8.89. The van der Waals surface area contributed by atoms with Crippen LogP contribution in [0.1, 0.15) is 25.1 Å². The average molecular weight is 754 g/mol. The van der Waals surface area contributed by atoms with Crippen molar-refractivity contribution in [2.45, 2.75) is 26.9 Å². The van der Waals surface area contributed by atoms with E-state index in [-0.39, 0.29) is 17.2 Å². The first-order chi connectivity index (χ1) is 25.5. The van der Waals surface area contributed by atoms with Crippen molar-refractivity contribution in [1.82, 2.24) is 39.1 Å². The highest BCUT2D eigenvalue weighted by molar-refractivity contribution is 6.39. The predicted octanol–water partition coefficient (Wildman–Crippen LogP) is 6.01. The number of halogens is 2. The van der Waals surface area contributed by atoms with Crippen LogP contribution >= 0.6 is 23.2 Å². The Bertz CT molecular complexity index is 2240. The molecule has 3 aliphatic rings. The molecule has 274 valence electrons. The third-order valence-electron chi connectivity index (χ3n) is 11.0. The Morgan fingerprint density at radius 2 is 1.43 bits per heavy atom. The molecule has 0 radical (unpaired) electrons. The van der Waals surface area contributed by atoms with E-state index < -0.39 is 0 Å². The van der Waals surface area contributed by atoms with Crippen LogP contribution in [0.3, 0.4) is 0 Å². The maximum absolute atomic E-state index is 11.7. The quantitative estimate of drug-likeness (QED) is 0.190. The second-order valence-corrected chi connectivity index (χ2v) is 15.5. The van der Waals surface area contributed by atoms with Crippen LogP contribution < -0.4 is 4.74 Å². The lowest BCUT2D eigenvalue weighted by Crippen LogP contribution is -2.72. The Labute approximate surface area is 319 Å². The van der Waals surface area contributed by atoms with Gasteiger partial charge in [0, 0.05) is 138 Å². The number of likely N-dealkylation sites (tertiary alicyclic amines) is 2. The van der Waals surface area contributed by atoms with Gasteiger partial charge in [-0.25, -0.2) is 4.98 Å². The Morgan fingerprint density at radius 1 is 0.792 bits per heavy atom. The summed E-state index contributed by atoms with van der Waals surface area (Å²) in [6.07, 6.45) is 5.80. The summed E-state index contributed by atoms with van der Waals surface area (Å²) in [6.45, 7) is 11.3. The van der Waals surface area contributed by atoms with Crippen molar-refractivity contribution in [2.75, 3.05) is 59.5 Å². The third-order valence-corrected chi connectivity index (χ3v) is 11.8. The van der Waals surface area contributed by atoms with E-state index in [0.717, 1.165) is 90.4 Å². The first-order valence-electron chi connectivity index (χ1n) is 17.9. The second kappa shape index (κ2) is 14.0. The smallest absolute Gasteiger partial charge is 0.237 e. The molecule has 3 aromatic heterocycles. The molecule has 0 N–H and O–H groups in total. The van der Waals surface area contributed by atoms with Crippen molar-refractivity contribution in [3.05, 3.63) is 82.4 Å². The molecule has 0 saturated carbocycles. The van der Waals surface area contributed by atoms with Gasteiger partial charge in [-0.1, -0.05) is 59.6 Å². The van der Waals surface area contributed by atoms with Crippen molar-refractivity contribution in [3.63, 3.8) is 0 Å². The molecule has 3 fully saturated rings. The van der Waals surface area contributed by atoms with E-state index >= 15 is 0 Å². The molecule has 2 aromatic carbocycles. The highest BCUT2D eigenvalue weighted by Gasteiger charge is 2.52. The largest absolute Gasteiger partial charge is 0.480 e. The van der Waals surface area contributed by atoms with Crippen LogP contribution in [0, 0.1) is 5.41 Å². The van der Waals surface area contributed by atoms with Crippen LogP contribution in [-0.2, 0) is 29.7 Å². The molecule has 0 aliphatic carbocycles. The predicted molar refractivity (Wildman–Crippen MR) is 207 cm³/mol. The number of carbonyl (C=O) groups excluding carboxylic acids is 2. The van der Waals surface area contributed by atoms with Gasteiger partial charge in [0.25, 0.3) is 0 Å². The summed E-state index contributed by atoms with van der Waals surface area (Å²) in [5.74, 6) is 0.707. The van der Waals surface area contributed by atoms with E-state index in [9.17, 15) is 9.59 Å². The normalized spacial score (nSPS) is 17.2. The van der Waals surface area contributed by atoms with E-state index in [0.29, 0.717) is 41.3 Å². The van der Waals surface area contributed by atoms with E-state index in [2.05, 4.69) is 33.7 Å². The second-order valence-electron chi connectivity index (χ2n) is 14.7. The van der Waals surface area contributed by atoms with Crippen LogP contribution in [-0.4, -0.2) is 110 Å². The number of nitrogens with zero attached hydrogens (tertiary/aromatic N) is 8. The van der Waals surface area contributed by atoms with E-state index in [1.54, 1.807) is 27.2 Å². The molecule has 6 heterocycles. The van der Waals surface area contributed by atoms with Gasteiger partial charge < -0.3 is 19.1 Å². The molecular formula is C40H42Cl2N8O3. The summed E-state index contributed by atoms with van der Waals surface area (Å²) in [7, 11) is 3.65. The van der Waals surface area contributed by atoms with Crippen molar-refractivity contribution < 1.29 is 14.3 Å². The third kappa shape index (κ3) is 6.65. The number of fused-ring (bicyclic) bond motifs is 1. The zero-order valence-corrected chi connectivity index (χ0v) is 31.9. The van der Waals surface area contributed by atoms with Crippen LogP contribution in [0.2, 0.25) is 10.0 Å². The molecule has 3 saturated heterocycles. The topological polar surface area (TPSA) is 99.9 Å². The fraction of sp³-hybridized carbons (Fsp3) is 0.375. The van der Waals surface area contributed by atoms with Crippen LogP contribution in [0.15, 0.2) is 61.1 Å². The minimum atomic E-state index is 0.101. The number of benzene rings is 2. The molecule has 0 bridgehead atoms. The number of methoxy groups -OCH3 is 1. The van der Waals surface area contributed by atoms with Crippen LogP contribution in [0.4, 0.5) is 0 Å². The number of rotatable bonds is 8. The van der Waals surface area contributed by atoms with Gasteiger partial charge in [0.15, 0.2) is 0 Å². The molecule has 3 aliphatic heterocycles. The number of aryl methyl sites for hydroxylation is 1. The SMILES string of the molecule is COc1nc(-c2cccc(-c3cccc(-c4cnc5c(CN6CC7(C6)CN(C(C)=O)C7)cn(C)c5c4)c3Cl)c2Cl)cnc1CN1CCN(C(C)=O)CC1. The number of hydrogen-bond donors (Lipinski definition) is 0. The summed E-state index contributed by atoms with van der Waals surface area (Å²) in [4.78, 5) is 46.4. The monoisotopic (exact) mass is 752 g/mol. The van der Waals surface area contributed by atoms with Gasteiger partial charge in [-0.15, -0.1) is 0 Å². The summed E-state index contributed by atoms with van der Waals surface area (Å²) in [5, 5.41) is 1.09. The lowest BCUT2D eigenvalue weighted by atomic mass is 9.72. The lowest BCUT2D eigenvalue weighted by molar-refractivity contribution is -0.157. The van der Waals surface area contributed by atoms with Crippen molar-refractivity contribution in [3.8, 4) is 39.4 Å². The zero-order chi connectivity index (χ0) is 37.0. The molecule has 0 unspecified atom stereocenters. The molecule has 2 amide bonds. The maximum Gasteiger partial charge on any atom is 0.237 e. The zero-order valence-electron chi connectivity index (χ0n) is 30.4. The standard InChI is InChI=1S/C40H42Cl2N8O3/c1-25(51)49-13-11-47(12-14-49)20-34-39(53-4)45-33(17-43-34)32-10-6-9-31(37(32)42)30-8-5-7-29(36(30)41)27-15-35-38(44-16-27)28(18-46(35)3)19-48-21-40(22-48)23-50(24-40)26(2)52/h5-10,15-18H,11-14,19-24H2,1-4H3. The molecule has 53 heavy (non-hydrogen) atoms. The molecule has 0 atom stereocenters. The highest BCUT2D eigenvalue weighted by Crippen LogP contribution is 2.43. The van der Waals surface area contributed by atoms with E-state index in [1.165, 1.54) is 5.56 Å². The van der Waals surface area contributed by atoms with E-state index in [1.807, 2.05) is 52.4 Å². The van der Waals surface area contributed by atoms with Crippen LogP contribution in [0.5, 0.6) is 5.88 Å². The molecule has 1 spiro atoms. The first-order valence-corrected chi connectivity index (χ1v) is 18.7. The average Bonchev–Trinajstić information content (AvgIpc) is 3.43. The molecule has 5 aromatic rings. The van der Waals surface area contributed by atoms with Gasteiger partial charge in [0.05, 0.1) is 40.1 Å². The molecule has 8 rings (SSSR count). The van der Waals surface area contributed by atoms with Crippen molar-refractivity contribution >= 4 is 46.0 Å². The molecular weight excluding hydrogens is 711 g/mol. The Balaban J connectivity index is 1.02. The van der Waals surface area contributed by atoms with Gasteiger partial charge in [-0.3, -0.25) is 29.4 Å². The number of amides is 2. The number of aromatic nitrogens is 4. The number of piperazine rings is 1. The van der Waals surface area contributed by atoms with Crippen molar-refractivity contribution in [1.29, 1.82) is 0 Å². The van der Waals surface area contributed by atoms with Crippen molar-refractivity contribution in [2.24, 2.45) is 12.5 Å². The summed E-state index contributed by atoms with van der Waals surface area (Å²) in [6, 6.07) is 13.9. The highest BCUT2D eigenvalue weighted by atomic mass is 35.5. The Hall–Kier alpha value is -4.55. The molecule has 13 heteroatoms. The number of ether oxygens (including phenoxy) is 1. The summed E-state index contributed by atoms with van der Waals surface area (Å²) >= 11 is 14.3. The Kier molecular flexibility index (Phi) is 9.39. The summed E-state index contributed by atoms with van der Waals surface area (Å²) < 4.78 is 7.82. The fourth-order valence-corrected chi connectivity index (χ4v) is 8.83. The maximum atomic E-state index is 11.7. The van der Waals surface area contributed by atoms with Gasteiger partial charge in [-0.2, -0.15) is 0 Å². The lowest BCUT2D eigenvalue weighted by Gasteiger charge is -2.60. The minimum Gasteiger partial charge on any atom is -0.480 e. The van der Waals surface area contributed by atoms with Gasteiger partial charge in [0.1, 0.15) is 5.69 Å². The van der Waals surface area contributed by atoms with E-state index in [4.69, 9.17) is 42.9 Å². The van der Waals surface area contributed by atoms with Gasteiger partial charge in [0.2, 0.25) is 17.7 Å². The minimum absolute atomic E-state index is 0.101. The number of pyridine rings is 1. The number of hydrogen-bond acceptors (Lipinski definition) is 8. The first kappa shape index (κ1) is 35.5. The van der Waals surface area contributed by atoms with Gasteiger partial charge in [-0.05, 0) is 6.07 Å². The fourth-order valence-electron chi connectivity index (χ4n) is 8.17. The number of carbonyl (C=O) groups is 2.